The van der Waals surface area contributed by atoms with E-state index in [1.807, 2.05) is 6.07 Å². The van der Waals surface area contributed by atoms with Crippen LogP contribution < -0.4 is 18.9 Å². The summed E-state index contributed by atoms with van der Waals surface area (Å²) in [5.74, 6) is 0.966. The predicted molar refractivity (Wildman–Crippen MR) is 115 cm³/mol. The third kappa shape index (κ3) is 3.83. The lowest BCUT2D eigenvalue weighted by Gasteiger charge is -2.39. The Morgan fingerprint density at radius 3 is 2.18 bits per heavy atom. The molecular formula is C23H28O10. The maximum absolute atomic E-state index is 10.9. The van der Waals surface area contributed by atoms with Crippen molar-refractivity contribution >= 4 is 0 Å². The number of rotatable bonds is 6. The van der Waals surface area contributed by atoms with Gasteiger partial charge in [-0.3, -0.25) is 0 Å². The normalized spacial score (nSPS) is 26.2. The summed E-state index contributed by atoms with van der Waals surface area (Å²) in [6.45, 7) is -0.576. The summed E-state index contributed by atoms with van der Waals surface area (Å²) < 4.78 is 27.8. The van der Waals surface area contributed by atoms with Crippen LogP contribution in [0.25, 0.3) is 11.1 Å². The van der Waals surface area contributed by atoms with Gasteiger partial charge in [0, 0.05) is 11.1 Å². The van der Waals surface area contributed by atoms with Crippen LogP contribution in [0.5, 0.6) is 28.7 Å². The first-order valence-corrected chi connectivity index (χ1v) is 10.5. The van der Waals surface area contributed by atoms with E-state index in [-0.39, 0.29) is 17.2 Å². The van der Waals surface area contributed by atoms with E-state index in [4.69, 9.17) is 23.7 Å². The van der Waals surface area contributed by atoms with Crippen molar-refractivity contribution in [1.29, 1.82) is 0 Å². The van der Waals surface area contributed by atoms with Gasteiger partial charge in [0.25, 0.3) is 0 Å². The van der Waals surface area contributed by atoms with Gasteiger partial charge in [-0.25, -0.2) is 0 Å². The number of aliphatic hydroxyl groups excluding tert-OH is 4. The third-order valence-corrected chi connectivity index (χ3v) is 6.14. The monoisotopic (exact) mass is 464 g/mol. The summed E-state index contributed by atoms with van der Waals surface area (Å²) in [4.78, 5) is 0. The number of aryl methyl sites for hydroxylation is 2. The summed E-state index contributed by atoms with van der Waals surface area (Å²) in [5, 5.41) is 50.8. The molecule has 10 nitrogen and oxygen atoms in total. The van der Waals surface area contributed by atoms with Gasteiger partial charge >= 0.3 is 0 Å². The van der Waals surface area contributed by atoms with Crippen molar-refractivity contribution in [3.8, 4) is 39.9 Å². The van der Waals surface area contributed by atoms with Crippen molar-refractivity contribution in [3.05, 3.63) is 29.3 Å². The number of fused-ring (bicyclic) bond motifs is 3. The topological polar surface area (TPSA) is 147 Å². The zero-order valence-electron chi connectivity index (χ0n) is 18.5. The van der Waals surface area contributed by atoms with E-state index in [0.717, 1.165) is 11.1 Å². The van der Waals surface area contributed by atoms with Gasteiger partial charge in [-0.2, -0.15) is 0 Å². The zero-order valence-corrected chi connectivity index (χ0v) is 18.5. The van der Waals surface area contributed by atoms with Crippen LogP contribution in [-0.4, -0.2) is 84.2 Å². The van der Waals surface area contributed by atoms with Crippen molar-refractivity contribution in [2.45, 2.75) is 43.5 Å². The van der Waals surface area contributed by atoms with Crippen molar-refractivity contribution in [2.24, 2.45) is 0 Å². The fourth-order valence-electron chi connectivity index (χ4n) is 4.44. The molecule has 0 aromatic heterocycles. The fourth-order valence-corrected chi connectivity index (χ4v) is 4.44. The Labute approximate surface area is 190 Å². The molecule has 5 N–H and O–H groups in total. The predicted octanol–water partition coefficient (Wildman–Crippen LogP) is 0.362. The van der Waals surface area contributed by atoms with Gasteiger partial charge < -0.3 is 49.2 Å². The van der Waals surface area contributed by atoms with E-state index in [0.29, 0.717) is 35.5 Å². The van der Waals surface area contributed by atoms with E-state index >= 15 is 0 Å². The molecule has 1 aliphatic heterocycles. The molecule has 5 atom stereocenters. The standard InChI is InChI=1S/C23H28O10/c1-29-12-7-6-10-4-5-11-8-13(21(30-2)22(31-3)16(11)15(10)17(12)25)32-23-20(28)19(27)18(26)14(9-24)33-23/h6-8,14,18-20,23-28H,4-5,9H2,1-3H3. The number of benzene rings is 2. The van der Waals surface area contributed by atoms with Crippen LogP contribution in [0.3, 0.4) is 0 Å². The lowest BCUT2D eigenvalue weighted by Crippen LogP contribution is -2.60. The Kier molecular flexibility index (Phi) is 6.55. The molecule has 1 heterocycles. The Morgan fingerprint density at radius 2 is 1.55 bits per heavy atom. The number of hydrogen-bond acceptors (Lipinski definition) is 10. The number of aliphatic hydroxyl groups is 4. The second kappa shape index (κ2) is 9.24. The highest BCUT2D eigenvalue weighted by Crippen LogP contribution is 2.54. The molecule has 5 unspecified atom stereocenters. The first-order chi connectivity index (χ1) is 15.9. The molecule has 1 saturated heterocycles. The Morgan fingerprint density at radius 1 is 0.848 bits per heavy atom. The molecular weight excluding hydrogens is 436 g/mol. The maximum Gasteiger partial charge on any atom is 0.229 e. The molecule has 4 rings (SSSR count). The van der Waals surface area contributed by atoms with Crippen LogP contribution in [-0.2, 0) is 17.6 Å². The summed E-state index contributed by atoms with van der Waals surface area (Å²) >= 11 is 0. The number of phenols is 1. The molecule has 180 valence electrons. The molecule has 2 aliphatic rings. The smallest absolute Gasteiger partial charge is 0.229 e. The van der Waals surface area contributed by atoms with Gasteiger partial charge in [0.15, 0.2) is 23.0 Å². The van der Waals surface area contributed by atoms with Crippen LogP contribution in [0.1, 0.15) is 11.1 Å². The summed E-state index contributed by atoms with van der Waals surface area (Å²) in [5.41, 5.74) is 2.92. The van der Waals surface area contributed by atoms with Crippen molar-refractivity contribution < 1.29 is 49.2 Å². The fraction of sp³-hybridized carbons (Fsp3) is 0.478. The van der Waals surface area contributed by atoms with E-state index in [2.05, 4.69) is 0 Å². The van der Waals surface area contributed by atoms with Crippen LogP contribution in [0, 0.1) is 0 Å². The van der Waals surface area contributed by atoms with Gasteiger partial charge in [-0.15, -0.1) is 0 Å². The quantitative estimate of drug-likeness (QED) is 0.406. The number of ether oxygens (including phenoxy) is 5. The van der Waals surface area contributed by atoms with Gasteiger partial charge in [0.05, 0.1) is 27.9 Å². The lowest BCUT2D eigenvalue weighted by atomic mass is 9.83. The van der Waals surface area contributed by atoms with Gasteiger partial charge in [-0.1, -0.05) is 6.07 Å². The van der Waals surface area contributed by atoms with E-state index in [9.17, 15) is 25.5 Å². The highest BCUT2D eigenvalue weighted by Gasteiger charge is 2.45. The molecule has 0 saturated carbocycles. The number of aromatic hydroxyl groups is 1. The summed E-state index contributed by atoms with van der Waals surface area (Å²) in [6.07, 6.45) is -5.91. The Bertz CT molecular complexity index is 1020. The minimum atomic E-state index is -1.58. The molecule has 33 heavy (non-hydrogen) atoms. The molecule has 1 aliphatic carbocycles. The highest BCUT2D eigenvalue weighted by molar-refractivity contribution is 5.88. The van der Waals surface area contributed by atoms with Crippen molar-refractivity contribution in [2.75, 3.05) is 27.9 Å². The SMILES string of the molecule is COc1ccc2c(c1O)-c1c(cc(OC3OC(CO)C(O)C(O)C3O)c(OC)c1OC)CC2. The summed E-state index contributed by atoms with van der Waals surface area (Å²) in [7, 11) is 4.35. The Hall–Kier alpha value is -2.76. The second-order valence-corrected chi connectivity index (χ2v) is 7.94. The maximum atomic E-state index is 10.9. The number of methoxy groups -OCH3 is 3. The molecule has 2 aromatic carbocycles. The van der Waals surface area contributed by atoms with Gasteiger partial charge in [0.2, 0.25) is 12.0 Å². The van der Waals surface area contributed by atoms with E-state index in [1.54, 1.807) is 12.1 Å². The molecule has 0 amide bonds. The largest absolute Gasteiger partial charge is 0.504 e. The van der Waals surface area contributed by atoms with E-state index in [1.165, 1.54) is 21.3 Å². The van der Waals surface area contributed by atoms with Crippen LogP contribution in [0.2, 0.25) is 0 Å². The summed E-state index contributed by atoms with van der Waals surface area (Å²) in [6, 6.07) is 5.29. The minimum Gasteiger partial charge on any atom is -0.504 e. The molecule has 2 aromatic rings. The third-order valence-electron chi connectivity index (χ3n) is 6.14. The highest BCUT2D eigenvalue weighted by atomic mass is 16.7. The van der Waals surface area contributed by atoms with Crippen molar-refractivity contribution in [1.82, 2.24) is 0 Å². The zero-order chi connectivity index (χ0) is 23.9. The molecule has 1 fully saturated rings. The average molecular weight is 464 g/mol. The first kappa shape index (κ1) is 23.4. The molecule has 0 radical (unpaired) electrons. The molecule has 10 heteroatoms. The first-order valence-electron chi connectivity index (χ1n) is 10.5. The van der Waals surface area contributed by atoms with Crippen molar-refractivity contribution in [3.63, 3.8) is 0 Å². The molecule has 0 spiro atoms. The molecule has 0 bridgehead atoms. The van der Waals surface area contributed by atoms with Gasteiger partial charge in [0.1, 0.15) is 24.4 Å². The number of hydrogen-bond donors (Lipinski definition) is 5. The lowest BCUT2D eigenvalue weighted by molar-refractivity contribution is -0.277. The average Bonchev–Trinajstić information content (AvgIpc) is 2.83. The van der Waals surface area contributed by atoms with Crippen LogP contribution in [0.4, 0.5) is 0 Å². The number of phenolic OH excluding ortho intramolecular Hbond substituents is 1. The van der Waals surface area contributed by atoms with Crippen LogP contribution >= 0.6 is 0 Å². The minimum absolute atomic E-state index is 0.0149. The second-order valence-electron chi connectivity index (χ2n) is 7.94. The van der Waals surface area contributed by atoms with Gasteiger partial charge in [-0.05, 0) is 36.1 Å². The van der Waals surface area contributed by atoms with Crippen LogP contribution in [0.15, 0.2) is 18.2 Å². The van der Waals surface area contributed by atoms with E-state index < -0.39 is 37.3 Å². The Balaban J connectivity index is 1.81.